The standard InChI is InChI=1S/C9H14O7/c1-4-5-7(11)16-9(14-3,8(12)13)15-6(2)10/h4-5H2,1-3H3,(H,12,13). The summed E-state index contributed by atoms with van der Waals surface area (Å²) in [4.78, 5) is 32.7. The second-order valence-corrected chi connectivity index (χ2v) is 2.88. The topological polar surface area (TPSA) is 99.1 Å². The maximum absolute atomic E-state index is 11.1. The SMILES string of the molecule is CCCC(=O)OC(OC)(OC(C)=O)C(=O)O. The molecule has 1 atom stereocenters. The highest BCUT2D eigenvalue weighted by Crippen LogP contribution is 2.16. The molecule has 1 N–H and O–H groups in total. The van der Waals surface area contributed by atoms with Crippen molar-refractivity contribution < 1.29 is 33.7 Å². The maximum Gasteiger partial charge on any atom is 0.481 e. The molecule has 0 aliphatic rings. The number of hydrogen-bond donors (Lipinski definition) is 1. The Morgan fingerprint density at radius 2 is 1.81 bits per heavy atom. The first-order valence-electron chi connectivity index (χ1n) is 4.58. The lowest BCUT2D eigenvalue weighted by molar-refractivity contribution is -0.324. The Kier molecular flexibility index (Phi) is 5.44. The molecule has 7 nitrogen and oxygen atoms in total. The van der Waals surface area contributed by atoms with Crippen LogP contribution in [0.5, 0.6) is 0 Å². The van der Waals surface area contributed by atoms with E-state index in [4.69, 9.17) is 5.11 Å². The van der Waals surface area contributed by atoms with Crippen molar-refractivity contribution in [1.29, 1.82) is 0 Å². The minimum absolute atomic E-state index is 0.000342. The molecule has 0 radical (unpaired) electrons. The molecule has 0 aliphatic carbocycles. The first kappa shape index (κ1) is 14.4. The molecule has 0 aromatic carbocycles. The summed E-state index contributed by atoms with van der Waals surface area (Å²) in [7, 11) is 0.955. The van der Waals surface area contributed by atoms with Gasteiger partial charge in [0.05, 0.1) is 0 Å². The number of carbonyl (C=O) groups excluding carboxylic acids is 2. The van der Waals surface area contributed by atoms with Crippen LogP contribution in [0.2, 0.25) is 0 Å². The van der Waals surface area contributed by atoms with Crippen LogP contribution in [0.15, 0.2) is 0 Å². The van der Waals surface area contributed by atoms with E-state index < -0.39 is 23.9 Å². The van der Waals surface area contributed by atoms with Crippen LogP contribution in [0, 0.1) is 0 Å². The highest BCUT2D eigenvalue weighted by Gasteiger charge is 2.48. The fourth-order valence-corrected chi connectivity index (χ4v) is 0.873. The number of methoxy groups -OCH3 is 1. The van der Waals surface area contributed by atoms with Gasteiger partial charge in [-0.1, -0.05) is 6.92 Å². The van der Waals surface area contributed by atoms with Gasteiger partial charge >= 0.3 is 23.9 Å². The van der Waals surface area contributed by atoms with E-state index in [9.17, 15) is 14.4 Å². The summed E-state index contributed by atoms with van der Waals surface area (Å²) in [5.41, 5.74) is 0. The van der Waals surface area contributed by atoms with Gasteiger partial charge in [0.2, 0.25) is 0 Å². The van der Waals surface area contributed by atoms with Crippen LogP contribution in [-0.2, 0) is 28.6 Å². The molecule has 0 amide bonds. The summed E-state index contributed by atoms with van der Waals surface area (Å²) in [6.45, 7) is 2.69. The monoisotopic (exact) mass is 234 g/mol. The summed E-state index contributed by atoms with van der Waals surface area (Å²) < 4.78 is 13.3. The van der Waals surface area contributed by atoms with Gasteiger partial charge < -0.3 is 19.3 Å². The van der Waals surface area contributed by atoms with Gasteiger partial charge in [-0.2, -0.15) is 0 Å². The van der Waals surface area contributed by atoms with Gasteiger partial charge in [0, 0.05) is 20.5 Å². The van der Waals surface area contributed by atoms with Gasteiger partial charge in [-0.15, -0.1) is 0 Å². The average Bonchev–Trinajstić information content (AvgIpc) is 2.15. The van der Waals surface area contributed by atoms with Crippen molar-refractivity contribution in [1.82, 2.24) is 0 Å². The third kappa shape index (κ3) is 3.85. The highest BCUT2D eigenvalue weighted by molar-refractivity contribution is 5.81. The number of aliphatic carboxylic acids is 1. The third-order valence-corrected chi connectivity index (χ3v) is 1.51. The zero-order chi connectivity index (χ0) is 12.8. The Hall–Kier alpha value is -1.63. The molecule has 0 aliphatic heterocycles. The van der Waals surface area contributed by atoms with Crippen molar-refractivity contribution in [2.75, 3.05) is 7.11 Å². The van der Waals surface area contributed by atoms with Crippen LogP contribution in [-0.4, -0.2) is 36.1 Å². The van der Waals surface area contributed by atoms with E-state index in [-0.39, 0.29) is 6.42 Å². The van der Waals surface area contributed by atoms with Gasteiger partial charge in [-0.05, 0) is 6.42 Å². The largest absolute Gasteiger partial charge is 0.481 e. The zero-order valence-electron chi connectivity index (χ0n) is 9.31. The Morgan fingerprint density at radius 1 is 1.25 bits per heavy atom. The molecule has 0 saturated heterocycles. The first-order chi connectivity index (χ1) is 7.38. The summed E-state index contributed by atoms with van der Waals surface area (Å²) in [5, 5.41) is 8.81. The van der Waals surface area contributed by atoms with Gasteiger partial charge in [0.1, 0.15) is 0 Å². The smallest absolute Gasteiger partial charge is 0.473 e. The minimum Gasteiger partial charge on any atom is -0.473 e. The predicted octanol–water partition coefficient (Wildman–Crippen LogP) is 0.278. The average molecular weight is 234 g/mol. The van der Waals surface area contributed by atoms with E-state index in [1.807, 2.05) is 0 Å². The summed E-state index contributed by atoms with van der Waals surface area (Å²) in [5.74, 6) is -6.17. The van der Waals surface area contributed by atoms with Crippen molar-refractivity contribution in [3.63, 3.8) is 0 Å². The Balaban J connectivity index is 4.83. The minimum atomic E-state index is -2.70. The van der Waals surface area contributed by atoms with Crippen LogP contribution in [0.1, 0.15) is 26.7 Å². The quantitative estimate of drug-likeness (QED) is 0.520. The molecule has 0 heterocycles. The van der Waals surface area contributed by atoms with E-state index >= 15 is 0 Å². The molecule has 0 bridgehead atoms. The second kappa shape index (κ2) is 6.06. The summed E-state index contributed by atoms with van der Waals surface area (Å²) in [6, 6.07) is 0. The molecule has 0 fully saturated rings. The number of ether oxygens (including phenoxy) is 3. The number of carbonyl (C=O) groups is 3. The van der Waals surface area contributed by atoms with Crippen molar-refractivity contribution in [3.05, 3.63) is 0 Å². The van der Waals surface area contributed by atoms with Gasteiger partial charge in [0.25, 0.3) is 0 Å². The van der Waals surface area contributed by atoms with E-state index in [1.165, 1.54) is 0 Å². The number of esters is 2. The molecular weight excluding hydrogens is 220 g/mol. The molecule has 1 unspecified atom stereocenters. The molecule has 0 spiro atoms. The first-order valence-corrected chi connectivity index (χ1v) is 4.58. The zero-order valence-corrected chi connectivity index (χ0v) is 9.31. The van der Waals surface area contributed by atoms with Gasteiger partial charge in [-0.3, -0.25) is 9.59 Å². The third-order valence-electron chi connectivity index (χ3n) is 1.51. The Morgan fingerprint density at radius 3 is 2.12 bits per heavy atom. The van der Waals surface area contributed by atoms with Crippen LogP contribution in [0.3, 0.4) is 0 Å². The van der Waals surface area contributed by atoms with Crippen molar-refractivity contribution >= 4 is 17.9 Å². The van der Waals surface area contributed by atoms with Crippen molar-refractivity contribution in [3.8, 4) is 0 Å². The van der Waals surface area contributed by atoms with Crippen LogP contribution < -0.4 is 0 Å². The molecule has 0 aromatic rings. The predicted molar refractivity (Wildman–Crippen MR) is 50.1 cm³/mol. The molecule has 16 heavy (non-hydrogen) atoms. The van der Waals surface area contributed by atoms with Crippen molar-refractivity contribution in [2.24, 2.45) is 0 Å². The molecule has 0 aromatic heterocycles. The molecule has 92 valence electrons. The molecule has 7 heteroatoms. The number of carboxylic acids is 1. The van der Waals surface area contributed by atoms with E-state index in [0.717, 1.165) is 14.0 Å². The number of carboxylic acid groups (broad SMARTS) is 1. The second-order valence-electron chi connectivity index (χ2n) is 2.88. The molecular formula is C9H14O7. The fraction of sp³-hybridized carbons (Fsp3) is 0.667. The molecule has 0 rings (SSSR count). The Labute approximate surface area is 92.3 Å². The lowest BCUT2D eigenvalue weighted by atomic mass is 10.3. The van der Waals surface area contributed by atoms with Crippen LogP contribution in [0.4, 0.5) is 0 Å². The number of rotatable bonds is 6. The maximum atomic E-state index is 11.1. The van der Waals surface area contributed by atoms with E-state index in [2.05, 4.69) is 14.2 Å². The molecule has 0 saturated carbocycles. The lowest BCUT2D eigenvalue weighted by Gasteiger charge is -2.25. The van der Waals surface area contributed by atoms with Gasteiger partial charge in [0.15, 0.2) is 0 Å². The van der Waals surface area contributed by atoms with Gasteiger partial charge in [-0.25, -0.2) is 4.79 Å². The summed E-state index contributed by atoms with van der Waals surface area (Å²) >= 11 is 0. The van der Waals surface area contributed by atoms with Crippen LogP contribution in [0.25, 0.3) is 0 Å². The highest BCUT2D eigenvalue weighted by atomic mass is 16.9. The van der Waals surface area contributed by atoms with Crippen molar-refractivity contribution in [2.45, 2.75) is 32.7 Å². The van der Waals surface area contributed by atoms with E-state index in [1.54, 1.807) is 6.92 Å². The summed E-state index contributed by atoms with van der Waals surface area (Å²) in [6.07, 6.45) is 0.470. The lowest BCUT2D eigenvalue weighted by Crippen LogP contribution is -2.48. The normalized spacial score (nSPS) is 13.7. The fourth-order valence-electron chi connectivity index (χ4n) is 0.873. The van der Waals surface area contributed by atoms with Crippen LogP contribution >= 0.6 is 0 Å². The number of hydrogen-bond acceptors (Lipinski definition) is 6. The van der Waals surface area contributed by atoms with E-state index in [0.29, 0.717) is 6.42 Å². The Bertz CT molecular complexity index is 286.